The van der Waals surface area contributed by atoms with Gasteiger partial charge in [-0.1, -0.05) is 28.1 Å². The number of pyridine rings is 1. The lowest BCUT2D eigenvalue weighted by Crippen LogP contribution is -2.39. The number of halogens is 2. The molecule has 122 valence electrons. The van der Waals surface area contributed by atoms with E-state index in [1.165, 1.54) is 11.1 Å². The van der Waals surface area contributed by atoms with Gasteiger partial charge in [0.25, 0.3) is 5.91 Å². The van der Waals surface area contributed by atoms with E-state index in [2.05, 4.69) is 56.0 Å². The molecule has 1 aromatic carbocycles. The van der Waals surface area contributed by atoms with Crippen molar-refractivity contribution in [3.63, 3.8) is 0 Å². The predicted octanol–water partition coefficient (Wildman–Crippen LogP) is 4.62. The monoisotopic (exact) mass is 447 g/mol. The van der Waals surface area contributed by atoms with E-state index in [0.717, 1.165) is 20.9 Å². The van der Waals surface area contributed by atoms with Crippen molar-refractivity contribution in [1.29, 1.82) is 0 Å². The van der Waals surface area contributed by atoms with Crippen LogP contribution in [0.15, 0.2) is 51.5 Å². The highest BCUT2D eigenvalue weighted by Crippen LogP contribution is 2.34. The van der Waals surface area contributed by atoms with Crippen LogP contribution in [-0.2, 0) is 6.42 Å². The molecule has 4 rings (SSSR count). The molecule has 1 atom stereocenters. The Morgan fingerprint density at radius 2 is 2.08 bits per heavy atom. The average Bonchev–Trinajstić information content (AvgIpc) is 2.98. The third kappa shape index (κ3) is 2.58. The molecule has 3 heterocycles. The zero-order valence-electron chi connectivity index (χ0n) is 13.0. The number of aromatic nitrogens is 2. The Hall–Kier alpha value is -1.66. The second-order valence-electron chi connectivity index (χ2n) is 5.98. The fourth-order valence-electron chi connectivity index (χ4n) is 3.31. The SMILES string of the molecule is CC1c2cccc(Br)c2CCN1C(=O)c1cc2ccc(Br)cn2n1. The van der Waals surface area contributed by atoms with Gasteiger partial charge in [0.1, 0.15) is 0 Å². The van der Waals surface area contributed by atoms with E-state index in [1.54, 1.807) is 4.52 Å². The predicted molar refractivity (Wildman–Crippen MR) is 100 cm³/mol. The Bertz CT molecular complexity index is 951. The van der Waals surface area contributed by atoms with Crippen molar-refractivity contribution in [1.82, 2.24) is 14.5 Å². The number of hydrogen-bond donors (Lipinski definition) is 0. The highest BCUT2D eigenvalue weighted by molar-refractivity contribution is 9.10. The van der Waals surface area contributed by atoms with Gasteiger partial charge in [0.2, 0.25) is 0 Å². The van der Waals surface area contributed by atoms with E-state index in [9.17, 15) is 4.79 Å². The molecule has 1 aliphatic rings. The number of benzene rings is 1. The first-order chi connectivity index (χ1) is 11.5. The minimum absolute atomic E-state index is 0.0204. The molecule has 1 amide bonds. The summed E-state index contributed by atoms with van der Waals surface area (Å²) in [5, 5.41) is 4.44. The van der Waals surface area contributed by atoms with E-state index in [-0.39, 0.29) is 11.9 Å². The van der Waals surface area contributed by atoms with Crippen LogP contribution in [-0.4, -0.2) is 27.0 Å². The molecule has 24 heavy (non-hydrogen) atoms. The topological polar surface area (TPSA) is 37.6 Å². The number of rotatable bonds is 1. The van der Waals surface area contributed by atoms with E-state index < -0.39 is 0 Å². The fraction of sp³-hybridized carbons (Fsp3) is 0.222. The van der Waals surface area contributed by atoms with Crippen molar-refractivity contribution in [2.45, 2.75) is 19.4 Å². The average molecular weight is 449 g/mol. The molecular formula is C18H15Br2N3O. The molecule has 1 unspecified atom stereocenters. The van der Waals surface area contributed by atoms with Crippen LogP contribution < -0.4 is 0 Å². The molecule has 3 aromatic rings. The Balaban J connectivity index is 1.69. The molecular weight excluding hydrogens is 434 g/mol. The number of nitrogens with zero attached hydrogens (tertiary/aromatic N) is 3. The fourth-order valence-corrected chi connectivity index (χ4v) is 4.22. The van der Waals surface area contributed by atoms with Crippen LogP contribution in [0.5, 0.6) is 0 Å². The third-order valence-corrected chi connectivity index (χ3v) is 5.79. The third-order valence-electron chi connectivity index (χ3n) is 4.58. The van der Waals surface area contributed by atoms with Crippen molar-refractivity contribution >= 4 is 43.3 Å². The first kappa shape index (κ1) is 15.8. The maximum atomic E-state index is 13.0. The van der Waals surface area contributed by atoms with Gasteiger partial charge in [-0.3, -0.25) is 4.79 Å². The van der Waals surface area contributed by atoms with Gasteiger partial charge >= 0.3 is 0 Å². The minimum atomic E-state index is -0.0204. The van der Waals surface area contributed by atoms with Gasteiger partial charge in [-0.2, -0.15) is 5.10 Å². The first-order valence-corrected chi connectivity index (χ1v) is 9.36. The lowest BCUT2D eigenvalue weighted by Gasteiger charge is -2.35. The molecule has 4 nitrogen and oxygen atoms in total. The molecule has 0 saturated carbocycles. The van der Waals surface area contributed by atoms with E-state index >= 15 is 0 Å². The standard InChI is InChI=1S/C18H15Br2N3O/c1-11-14-3-2-4-16(20)15(14)7-8-22(11)18(24)17-9-13-6-5-12(19)10-23(13)21-17/h2-6,9-11H,7-8H2,1H3. The molecule has 0 saturated heterocycles. The van der Waals surface area contributed by atoms with Gasteiger partial charge in [-0.05, 0) is 64.7 Å². The highest BCUT2D eigenvalue weighted by Gasteiger charge is 2.30. The Kier molecular flexibility index (Phi) is 3.96. The van der Waals surface area contributed by atoms with Gasteiger partial charge in [-0.15, -0.1) is 0 Å². The summed E-state index contributed by atoms with van der Waals surface area (Å²) in [4.78, 5) is 14.9. The van der Waals surface area contributed by atoms with Gasteiger partial charge < -0.3 is 4.90 Å². The van der Waals surface area contributed by atoms with Crippen molar-refractivity contribution in [3.05, 3.63) is 68.4 Å². The number of fused-ring (bicyclic) bond motifs is 2. The molecule has 1 aliphatic heterocycles. The van der Waals surface area contributed by atoms with Crippen LogP contribution in [0.25, 0.3) is 5.52 Å². The van der Waals surface area contributed by atoms with Crippen LogP contribution in [0.1, 0.15) is 34.6 Å². The number of carbonyl (C=O) groups is 1. The summed E-state index contributed by atoms with van der Waals surface area (Å²) in [6, 6.07) is 12.0. The molecule has 0 fully saturated rings. The van der Waals surface area contributed by atoms with Crippen molar-refractivity contribution < 1.29 is 4.79 Å². The number of amides is 1. The van der Waals surface area contributed by atoms with Crippen molar-refractivity contribution in [3.8, 4) is 0 Å². The first-order valence-electron chi connectivity index (χ1n) is 7.78. The van der Waals surface area contributed by atoms with E-state index in [4.69, 9.17) is 0 Å². The van der Waals surface area contributed by atoms with Gasteiger partial charge in [0.05, 0.1) is 11.6 Å². The quantitative estimate of drug-likeness (QED) is 0.544. The lowest BCUT2D eigenvalue weighted by molar-refractivity contribution is 0.0671. The van der Waals surface area contributed by atoms with Crippen molar-refractivity contribution in [2.75, 3.05) is 6.54 Å². The lowest BCUT2D eigenvalue weighted by atomic mass is 9.93. The number of carbonyl (C=O) groups excluding carboxylic acids is 1. The largest absolute Gasteiger partial charge is 0.330 e. The van der Waals surface area contributed by atoms with Crippen LogP contribution in [0.3, 0.4) is 0 Å². The Morgan fingerprint density at radius 3 is 2.92 bits per heavy atom. The second kappa shape index (κ2) is 6.01. The summed E-state index contributed by atoms with van der Waals surface area (Å²) in [6.07, 6.45) is 2.71. The summed E-state index contributed by atoms with van der Waals surface area (Å²) in [5.74, 6) is -0.0204. The number of hydrogen-bond acceptors (Lipinski definition) is 2. The molecule has 0 spiro atoms. The van der Waals surface area contributed by atoms with E-state index in [0.29, 0.717) is 12.2 Å². The second-order valence-corrected chi connectivity index (χ2v) is 7.75. The van der Waals surface area contributed by atoms with Crippen LogP contribution >= 0.6 is 31.9 Å². The normalized spacial score (nSPS) is 17.1. The highest BCUT2D eigenvalue weighted by atomic mass is 79.9. The van der Waals surface area contributed by atoms with Gasteiger partial charge in [-0.25, -0.2) is 4.52 Å². The van der Waals surface area contributed by atoms with E-state index in [1.807, 2.05) is 35.4 Å². The summed E-state index contributed by atoms with van der Waals surface area (Å²) < 4.78 is 3.79. The smallest absolute Gasteiger partial charge is 0.274 e. The molecule has 0 N–H and O–H groups in total. The summed E-state index contributed by atoms with van der Waals surface area (Å²) in [5.41, 5.74) is 3.90. The summed E-state index contributed by atoms with van der Waals surface area (Å²) in [6.45, 7) is 2.78. The minimum Gasteiger partial charge on any atom is -0.330 e. The Morgan fingerprint density at radius 1 is 1.25 bits per heavy atom. The Labute approximate surface area is 156 Å². The van der Waals surface area contributed by atoms with Crippen LogP contribution in [0.4, 0.5) is 0 Å². The van der Waals surface area contributed by atoms with Crippen LogP contribution in [0, 0.1) is 0 Å². The zero-order chi connectivity index (χ0) is 16.8. The molecule has 0 bridgehead atoms. The maximum Gasteiger partial charge on any atom is 0.274 e. The van der Waals surface area contributed by atoms with Gasteiger partial charge in [0, 0.05) is 21.7 Å². The molecule has 6 heteroatoms. The molecule has 0 radical (unpaired) electrons. The van der Waals surface area contributed by atoms with Crippen molar-refractivity contribution in [2.24, 2.45) is 0 Å². The zero-order valence-corrected chi connectivity index (χ0v) is 16.2. The molecule has 2 aromatic heterocycles. The summed E-state index contributed by atoms with van der Waals surface area (Å²) in [7, 11) is 0. The summed E-state index contributed by atoms with van der Waals surface area (Å²) >= 11 is 7.05. The maximum absolute atomic E-state index is 13.0. The van der Waals surface area contributed by atoms with Gasteiger partial charge in [0.15, 0.2) is 5.69 Å². The van der Waals surface area contributed by atoms with Crippen LogP contribution in [0.2, 0.25) is 0 Å². The molecule has 0 aliphatic carbocycles.